The first kappa shape index (κ1) is 91.0. The zero-order chi connectivity index (χ0) is 83.9. The number of nitrogens with one attached hydrogen (secondary N) is 3. The molecule has 592 valence electrons. The van der Waals surface area contributed by atoms with E-state index in [2.05, 4.69) is 95.6 Å². The van der Waals surface area contributed by atoms with Crippen LogP contribution in [-0.4, -0.2) is 76.3 Å². The molecular weight excluding hydrogens is 1990 g/mol. The molecule has 0 unspecified atom stereocenters. The van der Waals surface area contributed by atoms with Crippen molar-refractivity contribution >= 4 is 198 Å². The summed E-state index contributed by atoms with van der Waals surface area (Å²) >= 11 is 25.9. The van der Waals surface area contributed by atoms with Gasteiger partial charge in [-0.2, -0.15) is 0 Å². The van der Waals surface area contributed by atoms with Gasteiger partial charge in [-0.05, 0) is 272 Å². The number of pyridine rings is 4. The number of Topliss-reactive ketones (excluding diaryl/α,β-unsaturated/α-hetero) is 1. The van der Waals surface area contributed by atoms with Crippen LogP contribution in [0, 0.1) is 44.7 Å². The van der Waals surface area contributed by atoms with Gasteiger partial charge in [0.15, 0.2) is 11.2 Å². The van der Waals surface area contributed by atoms with E-state index >= 15 is 0 Å². The fraction of sp³-hybridized carbons (Fsp3) is 0.161. The zero-order valence-electron chi connectivity index (χ0n) is 62.5. The molecule has 3 amide bonds. The second-order valence-electron chi connectivity index (χ2n) is 25.7. The largest absolute Gasteiger partial charge is 0.478 e. The van der Waals surface area contributed by atoms with E-state index in [0.717, 1.165) is 66.5 Å². The van der Waals surface area contributed by atoms with Crippen LogP contribution < -0.4 is 37.7 Å². The third kappa shape index (κ3) is 25.5. The lowest BCUT2D eigenvalue weighted by Crippen LogP contribution is -2.29. The van der Waals surface area contributed by atoms with E-state index in [1.54, 1.807) is 113 Å². The highest BCUT2D eigenvalue weighted by atomic mass is 127. The quantitative estimate of drug-likeness (QED) is 0.0318. The summed E-state index contributed by atoms with van der Waals surface area (Å²) in [6.45, 7) is 4.35. The van der Waals surface area contributed by atoms with Crippen LogP contribution in [0.25, 0.3) is 43.6 Å². The SMILES string of the molecule is CCC(=O)c1cc(I)ccc1F.Cc1cn(C)c2ccc(I)cc2c1=O.Cn1cc(C(=O)NCc2ccc(Cl)cc2)c(=O)c2cc(C#CCO)ccc21.Cn1cc(C(=O)NCc2ccc(Cl)cc2)c(=O)c2cc(CCCO)ccc21.Cn1cc(C(=O)NCc2ccc(Cl)cc2)c(=O)c2cc(I)ccc21.O=C(O)c1cc(I)ccc1F. The van der Waals surface area contributed by atoms with Gasteiger partial charge in [0, 0.05) is 148 Å². The summed E-state index contributed by atoms with van der Waals surface area (Å²) in [5.74, 6) is 1.58. The molecule has 0 aliphatic rings. The Morgan fingerprint density at radius 1 is 0.426 bits per heavy atom. The minimum absolute atomic E-state index is 0.0613. The van der Waals surface area contributed by atoms with Gasteiger partial charge in [0.05, 0.1) is 33.2 Å². The van der Waals surface area contributed by atoms with E-state index in [1.807, 2.05) is 146 Å². The molecule has 28 heteroatoms. The maximum absolute atomic E-state index is 13.0. The van der Waals surface area contributed by atoms with Gasteiger partial charge in [0.1, 0.15) is 34.9 Å². The third-order valence-corrected chi connectivity index (χ3v) is 20.8. The number of rotatable bonds is 15. The molecule has 6 N–H and O–H groups in total. The predicted octanol–water partition coefficient (Wildman–Crippen LogP) is 16.8. The van der Waals surface area contributed by atoms with E-state index in [9.17, 15) is 51.9 Å². The molecule has 0 saturated carbocycles. The summed E-state index contributed by atoms with van der Waals surface area (Å²) in [7, 11) is 7.37. The second-order valence-corrected chi connectivity index (χ2v) is 31.9. The summed E-state index contributed by atoms with van der Waals surface area (Å²) in [5, 5.41) is 38.8. The number of ketones is 1. The van der Waals surface area contributed by atoms with Crippen molar-refractivity contribution in [3.8, 4) is 11.8 Å². The highest BCUT2D eigenvalue weighted by molar-refractivity contribution is 14.1. The van der Waals surface area contributed by atoms with Gasteiger partial charge in [-0.25, -0.2) is 13.6 Å². The molecule has 4 heterocycles. The van der Waals surface area contributed by atoms with Crippen molar-refractivity contribution < 1.29 is 48.1 Å². The highest BCUT2D eigenvalue weighted by Crippen LogP contribution is 2.22. The molecule has 4 aromatic heterocycles. The van der Waals surface area contributed by atoms with E-state index in [1.165, 1.54) is 24.4 Å². The fourth-order valence-corrected chi connectivity index (χ4v) is 13.8. The van der Waals surface area contributed by atoms with Crippen molar-refractivity contribution in [3.63, 3.8) is 0 Å². The summed E-state index contributed by atoms with van der Waals surface area (Å²) < 4.78 is 36.6. The van der Waals surface area contributed by atoms with Gasteiger partial charge in [-0.1, -0.05) is 96.0 Å². The summed E-state index contributed by atoms with van der Waals surface area (Å²) in [5.41, 5.74) is 7.78. The number of carbonyl (C=O) groups is 5. The monoisotopic (exact) mass is 2060 g/mol. The number of fused-ring (bicyclic) bond motifs is 4. The average Bonchev–Trinajstić information content (AvgIpc) is 0.788. The number of benzene rings is 9. The van der Waals surface area contributed by atoms with Crippen LogP contribution in [0.3, 0.4) is 0 Å². The Balaban J connectivity index is 0.000000178. The number of carboxylic acid groups (broad SMARTS) is 1. The van der Waals surface area contributed by atoms with Crippen LogP contribution >= 0.6 is 125 Å². The Morgan fingerprint density at radius 3 is 1.16 bits per heavy atom. The van der Waals surface area contributed by atoms with E-state index in [-0.39, 0.29) is 74.4 Å². The Morgan fingerprint density at radius 2 is 0.765 bits per heavy atom. The number of carbonyl (C=O) groups excluding carboxylic acids is 4. The molecule has 0 spiro atoms. The minimum Gasteiger partial charge on any atom is -0.478 e. The number of aliphatic hydroxyl groups excluding tert-OH is 2. The van der Waals surface area contributed by atoms with Crippen molar-refractivity contribution in [3.05, 3.63) is 350 Å². The normalized spacial score (nSPS) is 10.5. The molecule has 0 atom stereocenters. The van der Waals surface area contributed by atoms with Crippen LogP contribution in [0.4, 0.5) is 8.78 Å². The van der Waals surface area contributed by atoms with E-state index < -0.39 is 29.4 Å². The smallest absolute Gasteiger partial charge is 0.338 e. The number of hydrogen-bond donors (Lipinski definition) is 6. The number of aliphatic hydroxyl groups is 2. The van der Waals surface area contributed by atoms with Gasteiger partial charge in [0.2, 0.25) is 16.3 Å². The lowest BCUT2D eigenvalue weighted by Gasteiger charge is -2.11. The van der Waals surface area contributed by atoms with Crippen LogP contribution in [0.15, 0.2) is 226 Å². The summed E-state index contributed by atoms with van der Waals surface area (Å²) in [6.07, 6.45) is 8.20. The van der Waals surface area contributed by atoms with Crippen molar-refractivity contribution in [1.82, 2.24) is 34.2 Å². The number of aromatic nitrogens is 4. The molecule has 0 bridgehead atoms. The maximum atomic E-state index is 13.0. The Kier molecular flexibility index (Phi) is 34.4. The zero-order valence-corrected chi connectivity index (χ0v) is 73.4. The first-order valence-corrected chi connectivity index (χ1v) is 40.5. The molecular formula is C87H74Cl3F2I4N7O12. The molecule has 0 radical (unpaired) electrons. The van der Waals surface area contributed by atoms with Gasteiger partial charge >= 0.3 is 5.97 Å². The van der Waals surface area contributed by atoms with Crippen LogP contribution in [0.1, 0.15) is 105 Å². The van der Waals surface area contributed by atoms with Crippen LogP contribution in [0.2, 0.25) is 15.1 Å². The molecule has 9 aromatic carbocycles. The lowest BCUT2D eigenvalue weighted by molar-refractivity contribution is 0.0690. The minimum atomic E-state index is -1.24. The topological polar surface area (TPSA) is 270 Å². The highest BCUT2D eigenvalue weighted by Gasteiger charge is 2.20. The van der Waals surface area contributed by atoms with Gasteiger partial charge < -0.3 is 49.5 Å². The fourth-order valence-electron chi connectivity index (χ4n) is 11.5. The Hall–Kier alpha value is -9.50. The number of aryl methyl sites for hydroxylation is 6. The van der Waals surface area contributed by atoms with Crippen molar-refractivity contribution in [2.45, 2.75) is 52.7 Å². The number of carboxylic acids is 1. The molecule has 0 fully saturated rings. The molecule has 0 aliphatic heterocycles. The summed E-state index contributed by atoms with van der Waals surface area (Å²) in [4.78, 5) is 109. The molecule has 13 aromatic rings. The van der Waals surface area contributed by atoms with Crippen molar-refractivity contribution in [1.29, 1.82) is 0 Å². The predicted molar refractivity (Wildman–Crippen MR) is 484 cm³/mol. The van der Waals surface area contributed by atoms with E-state index in [0.29, 0.717) is 84.8 Å². The van der Waals surface area contributed by atoms with Crippen molar-refractivity contribution in [2.24, 2.45) is 28.2 Å². The molecule has 19 nitrogen and oxygen atoms in total. The first-order valence-electron chi connectivity index (χ1n) is 35.0. The number of halogens is 9. The molecule has 115 heavy (non-hydrogen) atoms. The number of amides is 3. The standard InChI is InChI=1S/C21H21ClN2O3.C21H17ClN2O3.C18H14ClIN2O2.C11H10INO.C9H8FIO.C7H4FIO2/c2*1-24-13-18(21(27)23-12-15-4-7-16(22)8-5-15)20(26)17-11-14(3-2-10-25)6-9-19(17)24;1-22-10-15(17(23)14-8-13(20)6-7-16(14)22)18(24)21-9-11-2-4-12(19)5-3-11;1-7-6-13(2)10-4-3-8(12)5-9(10)11(7)14;1-2-9(12)7-5-6(11)3-4-8(7)10;8-6-2-1-4(9)3-5(6)7(10)11/h4-9,11,13,25H,2-3,10,12H2,1H3,(H,23,27);4-9,11,13,25H,10,12H2,1H3,(H,23,27);2-8,10H,9H2,1H3,(H,21,24);3-6H,1-2H3;3-5H,2H2,1H3;1-3H,(H,10,11). The van der Waals surface area contributed by atoms with Crippen LogP contribution in [0.5, 0.6) is 0 Å². The first-order chi connectivity index (χ1) is 54.8. The van der Waals surface area contributed by atoms with Crippen LogP contribution in [-0.2, 0) is 54.2 Å². The lowest BCUT2D eigenvalue weighted by atomic mass is 10.0. The van der Waals surface area contributed by atoms with Gasteiger partial charge in [0.25, 0.3) is 17.7 Å². The van der Waals surface area contributed by atoms with E-state index in [4.69, 9.17) is 50.1 Å². The Labute approximate surface area is 729 Å². The Bertz CT molecular complexity index is 6130. The third-order valence-electron chi connectivity index (χ3n) is 17.4. The molecule has 13 rings (SSSR count). The van der Waals surface area contributed by atoms with Gasteiger partial charge in [-0.3, -0.25) is 38.4 Å². The molecule has 0 aliphatic carbocycles. The van der Waals surface area contributed by atoms with Gasteiger partial charge in [-0.15, -0.1) is 0 Å². The number of nitrogens with zero attached hydrogens (tertiary/aromatic N) is 4. The number of aromatic carboxylic acids is 1. The maximum Gasteiger partial charge on any atom is 0.338 e. The second kappa shape index (κ2) is 43.5. The average molecular weight is 2060 g/mol. The summed E-state index contributed by atoms with van der Waals surface area (Å²) in [6, 6.07) is 52.3. The number of hydrogen-bond acceptors (Lipinski definition) is 11. The molecule has 0 saturated heterocycles. The van der Waals surface area contributed by atoms with Crippen molar-refractivity contribution in [2.75, 3.05) is 13.2 Å².